The smallest absolute Gasteiger partial charge is 0.339 e. The van der Waals surface area contributed by atoms with Crippen molar-refractivity contribution in [2.75, 3.05) is 0 Å². The summed E-state index contributed by atoms with van der Waals surface area (Å²) in [6, 6.07) is 12.9. The molecule has 0 fully saturated rings. The predicted octanol–water partition coefficient (Wildman–Crippen LogP) is 1.92. The zero-order chi connectivity index (χ0) is 22.7. The summed E-state index contributed by atoms with van der Waals surface area (Å²) < 4.78 is 11.2. The maximum atomic E-state index is 12.6. The van der Waals surface area contributed by atoms with Crippen molar-refractivity contribution >= 4 is 22.8 Å². The topological polar surface area (TPSA) is 109 Å². The van der Waals surface area contributed by atoms with Crippen molar-refractivity contribution in [1.82, 2.24) is 5.32 Å². The van der Waals surface area contributed by atoms with Gasteiger partial charge in [-0.2, -0.15) is 0 Å². The van der Waals surface area contributed by atoms with Crippen LogP contribution in [0.3, 0.4) is 0 Å². The fourth-order valence-electron chi connectivity index (χ4n) is 4.09. The van der Waals surface area contributed by atoms with Crippen LogP contribution in [0.5, 0.6) is 5.75 Å². The van der Waals surface area contributed by atoms with Crippen molar-refractivity contribution < 1.29 is 23.8 Å². The number of nitrogens with one attached hydrogen (secondary N) is 1. The second-order valence-corrected chi connectivity index (χ2v) is 8.04. The van der Waals surface area contributed by atoms with E-state index in [0.29, 0.717) is 11.3 Å². The molecule has 1 heterocycles. The van der Waals surface area contributed by atoms with E-state index in [-0.39, 0.29) is 12.0 Å². The van der Waals surface area contributed by atoms with Crippen molar-refractivity contribution in [2.24, 2.45) is 0 Å². The van der Waals surface area contributed by atoms with E-state index in [0.717, 1.165) is 47.8 Å². The van der Waals surface area contributed by atoms with E-state index in [1.807, 2.05) is 12.1 Å². The third-order valence-corrected chi connectivity index (χ3v) is 5.76. The third-order valence-electron chi connectivity index (χ3n) is 5.76. The molecule has 1 aromatic heterocycles. The number of aliphatic carboxylic acids is 1. The van der Waals surface area contributed by atoms with Crippen molar-refractivity contribution in [1.29, 1.82) is 0 Å². The minimum atomic E-state index is -1.37. The zero-order valence-electron chi connectivity index (χ0n) is 17.8. The molecule has 1 N–H and O–H groups in total. The first-order valence-electron chi connectivity index (χ1n) is 10.7. The molecule has 0 spiro atoms. The van der Waals surface area contributed by atoms with Gasteiger partial charge in [-0.25, -0.2) is 4.79 Å². The molecule has 0 aliphatic heterocycles. The van der Waals surface area contributed by atoms with Crippen LogP contribution in [-0.2, 0) is 28.9 Å². The van der Waals surface area contributed by atoms with Gasteiger partial charge in [-0.05, 0) is 62.3 Å². The van der Waals surface area contributed by atoms with Crippen molar-refractivity contribution in [3.63, 3.8) is 0 Å². The summed E-state index contributed by atoms with van der Waals surface area (Å²) in [7, 11) is 0. The van der Waals surface area contributed by atoms with Crippen LogP contribution in [0.25, 0.3) is 11.0 Å². The van der Waals surface area contributed by atoms with Crippen molar-refractivity contribution in [3.05, 3.63) is 75.6 Å². The first-order valence-corrected chi connectivity index (χ1v) is 10.7. The lowest BCUT2D eigenvalue weighted by molar-refractivity contribution is -0.308. The molecular formula is C25H24NO6-. The first-order chi connectivity index (χ1) is 15.4. The number of aryl methyl sites for hydroxylation is 1. The van der Waals surface area contributed by atoms with Gasteiger partial charge in [0, 0.05) is 17.0 Å². The molecule has 1 aliphatic carbocycles. The minimum absolute atomic E-state index is 0.105. The molecule has 0 radical (unpaired) electrons. The summed E-state index contributed by atoms with van der Waals surface area (Å²) in [5.41, 5.74) is 2.63. The normalized spacial score (nSPS) is 14.9. The summed E-state index contributed by atoms with van der Waals surface area (Å²) in [4.78, 5) is 36.4. The Morgan fingerprint density at radius 3 is 2.53 bits per heavy atom. The molecule has 0 saturated heterocycles. The summed E-state index contributed by atoms with van der Waals surface area (Å²) in [5, 5.41) is 14.9. The molecule has 1 aliphatic rings. The highest BCUT2D eigenvalue weighted by Crippen LogP contribution is 2.29. The summed E-state index contributed by atoms with van der Waals surface area (Å²) in [5.74, 6) is -1.60. The predicted molar refractivity (Wildman–Crippen MR) is 116 cm³/mol. The van der Waals surface area contributed by atoms with Gasteiger partial charge in [0.1, 0.15) is 11.3 Å². The van der Waals surface area contributed by atoms with E-state index in [2.05, 4.69) is 5.32 Å². The average Bonchev–Trinajstić information content (AvgIpc) is 2.79. The van der Waals surface area contributed by atoms with Gasteiger partial charge in [-0.15, -0.1) is 0 Å². The van der Waals surface area contributed by atoms with E-state index < -0.39 is 24.0 Å². The van der Waals surface area contributed by atoms with Gasteiger partial charge in [0.25, 0.3) is 5.91 Å². The maximum Gasteiger partial charge on any atom is 0.339 e. The van der Waals surface area contributed by atoms with E-state index in [1.54, 1.807) is 36.4 Å². The largest absolute Gasteiger partial charge is 0.548 e. The average molecular weight is 434 g/mol. The summed E-state index contributed by atoms with van der Waals surface area (Å²) in [6.07, 6.45) is 2.72. The van der Waals surface area contributed by atoms with Gasteiger partial charge in [0.05, 0.1) is 12.0 Å². The van der Waals surface area contributed by atoms with E-state index in [9.17, 15) is 19.5 Å². The molecule has 0 unspecified atom stereocenters. The lowest BCUT2D eigenvalue weighted by Crippen LogP contribution is -2.52. The number of ether oxygens (including phenoxy) is 1. The molecule has 166 valence electrons. The quantitative estimate of drug-likeness (QED) is 0.569. The molecule has 3 aromatic rings. The molecule has 0 bridgehead atoms. The van der Waals surface area contributed by atoms with Crippen molar-refractivity contribution in [2.45, 2.75) is 51.2 Å². The van der Waals surface area contributed by atoms with E-state index in [1.165, 1.54) is 6.92 Å². The Hall–Kier alpha value is -3.61. The SMILES string of the molecule is C[C@@H](Oc1ccc2c3c(c(=O)oc2c1)CCCC3)C(=O)N[C@@H](Cc1ccccc1)C(=O)[O-]. The number of benzene rings is 2. The Morgan fingerprint density at radius 1 is 1.09 bits per heavy atom. The first kappa shape index (κ1) is 21.6. The van der Waals surface area contributed by atoms with Crippen LogP contribution < -0.4 is 20.8 Å². The Morgan fingerprint density at radius 2 is 1.81 bits per heavy atom. The zero-order valence-corrected chi connectivity index (χ0v) is 17.8. The molecule has 7 nitrogen and oxygen atoms in total. The molecule has 7 heteroatoms. The Labute approximate surface area is 185 Å². The Bertz CT molecular complexity index is 1200. The molecule has 2 atom stereocenters. The molecule has 0 saturated carbocycles. The van der Waals surface area contributed by atoms with Crippen molar-refractivity contribution in [3.8, 4) is 5.75 Å². The molecule has 4 rings (SSSR count). The van der Waals surface area contributed by atoms with Crippen LogP contribution in [0.4, 0.5) is 0 Å². The third kappa shape index (κ3) is 4.66. The van der Waals surface area contributed by atoms with Crippen LogP contribution in [0.2, 0.25) is 0 Å². The Kier molecular flexibility index (Phi) is 6.25. The minimum Gasteiger partial charge on any atom is -0.548 e. The number of hydrogen-bond acceptors (Lipinski definition) is 6. The number of carboxylic acids is 1. The van der Waals surface area contributed by atoms with Crippen LogP contribution in [0.1, 0.15) is 36.5 Å². The van der Waals surface area contributed by atoms with Gasteiger partial charge < -0.3 is 24.4 Å². The maximum absolute atomic E-state index is 12.6. The number of rotatable bonds is 7. The molecule has 2 aromatic carbocycles. The number of carbonyl (C=O) groups excluding carboxylic acids is 2. The lowest BCUT2D eigenvalue weighted by Gasteiger charge is -2.22. The van der Waals surface area contributed by atoms with Crippen LogP contribution in [0.15, 0.2) is 57.7 Å². The highest BCUT2D eigenvalue weighted by atomic mass is 16.5. The molecule has 1 amide bonds. The van der Waals surface area contributed by atoms with E-state index >= 15 is 0 Å². The van der Waals surface area contributed by atoms with E-state index in [4.69, 9.17) is 9.15 Å². The van der Waals surface area contributed by atoms with Gasteiger partial charge >= 0.3 is 5.63 Å². The van der Waals surface area contributed by atoms with Gasteiger partial charge in [-0.3, -0.25) is 4.79 Å². The lowest BCUT2D eigenvalue weighted by atomic mass is 9.91. The summed E-state index contributed by atoms with van der Waals surface area (Å²) >= 11 is 0. The summed E-state index contributed by atoms with van der Waals surface area (Å²) in [6.45, 7) is 1.53. The van der Waals surface area contributed by atoms with Gasteiger partial charge in [-0.1, -0.05) is 30.3 Å². The Balaban J connectivity index is 1.47. The monoisotopic (exact) mass is 434 g/mol. The van der Waals surface area contributed by atoms with Crippen LogP contribution in [-0.4, -0.2) is 24.0 Å². The highest BCUT2D eigenvalue weighted by molar-refractivity contribution is 5.86. The van der Waals surface area contributed by atoms with Gasteiger partial charge in [0.2, 0.25) is 0 Å². The molecule has 32 heavy (non-hydrogen) atoms. The van der Waals surface area contributed by atoms with Gasteiger partial charge in [0.15, 0.2) is 6.10 Å². The number of fused-ring (bicyclic) bond motifs is 3. The van der Waals surface area contributed by atoms with Crippen LogP contribution >= 0.6 is 0 Å². The second-order valence-electron chi connectivity index (χ2n) is 8.04. The number of carboxylic acid groups (broad SMARTS) is 1. The number of hydrogen-bond donors (Lipinski definition) is 1. The molecular weight excluding hydrogens is 410 g/mol. The highest BCUT2D eigenvalue weighted by Gasteiger charge is 2.22. The second kappa shape index (κ2) is 9.26. The fourth-order valence-corrected chi connectivity index (χ4v) is 4.09. The standard InChI is InChI=1S/C25H25NO6/c1-15(23(27)26-21(24(28)29)13-16-7-3-2-4-8-16)31-17-11-12-19-18-9-5-6-10-20(18)25(30)32-22(19)14-17/h2-4,7-8,11-12,14-15,21H,5-6,9-10,13H2,1H3,(H,26,27)(H,28,29)/p-1/t15-,21+/m1/s1. The number of amides is 1. The van der Waals surface area contributed by atoms with Crippen LogP contribution in [0, 0.1) is 0 Å². The number of carbonyl (C=O) groups is 2. The fraction of sp³-hybridized carbons (Fsp3) is 0.320.